The van der Waals surface area contributed by atoms with Crippen LogP contribution < -0.4 is 5.73 Å². The van der Waals surface area contributed by atoms with Crippen LogP contribution in [0.5, 0.6) is 0 Å². The van der Waals surface area contributed by atoms with E-state index in [1.54, 1.807) is 0 Å². The SMILES string of the molecule is NCCC(O)c1ccc(I)cc1. The molecule has 0 saturated carbocycles. The lowest BCUT2D eigenvalue weighted by molar-refractivity contribution is 0.170. The Hall–Kier alpha value is -0.130. The molecule has 0 aliphatic heterocycles. The molecule has 0 heterocycles. The number of nitrogens with two attached hydrogens (primary N) is 1. The minimum absolute atomic E-state index is 0.410. The molecule has 0 fully saturated rings. The Labute approximate surface area is 85.9 Å². The number of hydrogen-bond acceptors (Lipinski definition) is 2. The standard InChI is InChI=1S/C9H12INO/c10-8-3-1-7(2-4-8)9(12)5-6-11/h1-4,9,12H,5-6,11H2. The first-order valence-corrected chi connectivity index (χ1v) is 4.95. The van der Waals surface area contributed by atoms with Gasteiger partial charge in [0.25, 0.3) is 0 Å². The molecule has 0 spiro atoms. The number of aliphatic hydroxyl groups excluding tert-OH is 1. The van der Waals surface area contributed by atoms with Gasteiger partial charge in [0.05, 0.1) is 6.10 Å². The van der Waals surface area contributed by atoms with Crippen LogP contribution in [0.25, 0.3) is 0 Å². The largest absolute Gasteiger partial charge is 0.388 e. The predicted octanol–water partition coefficient (Wildman–Crippen LogP) is 1.67. The van der Waals surface area contributed by atoms with Gasteiger partial charge in [-0.05, 0) is 53.3 Å². The summed E-state index contributed by atoms with van der Waals surface area (Å²) < 4.78 is 1.18. The zero-order chi connectivity index (χ0) is 8.97. The van der Waals surface area contributed by atoms with Gasteiger partial charge in [-0.2, -0.15) is 0 Å². The summed E-state index contributed by atoms with van der Waals surface area (Å²) in [7, 11) is 0. The van der Waals surface area contributed by atoms with Crippen molar-refractivity contribution in [3.05, 3.63) is 33.4 Å². The van der Waals surface area contributed by atoms with Crippen LogP contribution in [0.15, 0.2) is 24.3 Å². The summed E-state index contributed by atoms with van der Waals surface area (Å²) in [5, 5.41) is 9.53. The molecule has 3 N–H and O–H groups in total. The Bertz CT molecular complexity index is 235. The van der Waals surface area contributed by atoms with Gasteiger partial charge in [0.1, 0.15) is 0 Å². The molecule has 3 heteroatoms. The van der Waals surface area contributed by atoms with Crippen molar-refractivity contribution in [2.45, 2.75) is 12.5 Å². The van der Waals surface area contributed by atoms with Crippen molar-refractivity contribution < 1.29 is 5.11 Å². The van der Waals surface area contributed by atoms with E-state index in [0.29, 0.717) is 13.0 Å². The Morgan fingerprint density at radius 2 is 1.92 bits per heavy atom. The molecule has 0 radical (unpaired) electrons. The average molecular weight is 277 g/mol. The lowest BCUT2D eigenvalue weighted by atomic mass is 10.1. The third-order valence-corrected chi connectivity index (χ3v) is 2.41. The van der Waals surface area contributed by atoms with Gasteiger partial charge in [-0.15, -0.1) is 0 Å². The first-order chi connectivity index (χ1) is 5.74. The fourth-order valence-electron chi connectivity index (χ4n) is 1.01. The monoisotopic (exact) mass is 277 g/mol. The van der Waals surface area contributed by atoms with Crippen molar-refractivity contribution in [2.24, 2.45) is 5.73 Å². The van der Waals surface area contributed by atoms with Crippen LogP contribution in [0.3, 0.4) is 0 Å². The average Bonchev–Trinajstić information content (AvgIpc) is 2.06. The van der Waals surface area contributed by atoms with Crippen molar-refractivity contribution in [2.75, 3.05) is 6.54 Å². The number of benzene rings is 1. The van der Waals surface area contributed by atoms with E-state index in [2.05, 4.69) is 22.6 Å². The van der Waals surface area contributed by atoms with Crippen LogP contribution in [0.1, 0.15) is 18.1 Å². The Balaban J connectivity index is 2.68. The van der Waals surface area contributed by atoms with Crippen molar-refractivity contribution in [3.63, 3.8) is 0 Å². The zero-order valence-corrected chi connectivity index (χ0v) is 8.86. The van der Waals surface area contributed by atoms with E-state index in [4.69, 9.17) is 5.73 Å². The smallest absolute Gasteiger partial charge is 0.0802 e. The number of aliphatic hydroxyl groups is 1. The van der Waals surface area contributed by atoms with E-state index >= 15 is 0 Å². The molecule has 0 aliphatic carbocycles. The highest BCUT2D eigenvalue weighted by molar-refractivity contribution is 14.1. The second kappa shape index (κ2) is 4.79. The van der Waals surface area contributed by atoms with Crippen molar-refractivity contribution in [1.82, 2.24) is 0 Å². The molecule has 1 rings (SSSR count). The van der Waals surface area contributed by atoms with Gasteiger partial charge in [-0.3, -0.25) is 0 Å². The van der Waals surface area contributed by atoms with Gasteiger partial charge in [-0.1, -0.05) is 12.1 Å². The summed E-state index contributed by atoms with van der Waals surface area (Å²) >= 11 is 2.23. The molecule has 1 aromatic carbocycles. The molecule has 1 aromatic rings. The molecule has 0 bridgehead atoms. The third kappa shape index (κ3) is 2.73. The molecule has 1 atom stereocenters. The van der Waals surface area contributed by atoms with E-state index in [-0.39, 0.29) is 0 Å². The highest BCUT2D eigenvalue weighted by Crippen LogP contribution is 2.16. The van der Waals surface area contributed by atoms with E-state index in [1.807, 2.05) is 24.3 Å². The zero-order valence-electron chi connectivity index (χ0n) is 6.70. The summed E-state index contributed by atoms with van der Waals surface area (Å²) in [6, 6.07) is 7.83. The Morgan fingerprint density at radius 1 is 1.33 bits per heavy atom. The molecule has 2 nitrogen and oxygen atoms in total. The normalized spacial score (nSPS) is 12.9. The van der Waals surface area contributed by atoms with Gasteiger partial charge >= 0.3 is 0 Å². The maximum Gasteiger partial charge on any atom is 0.0802 e. The molecule has 1 unspecified atom stereocenters. The first kappa shape index (κ1) is 9.95. The first-order valence-electron chi connectivity index (χ1n) is 3.87. The minimum Gasteiger partial charge on any atom is -0.388 e. The summed E-state index contributed by atoms with van der Waals surface area (Å²) in [4.78, 5) is 0. The number of hydrogen-bond donors (Lipinski definition) is 2. The molecule has 0 aliphatic rings. The Morgan fingerprint density at radius 3 is 2.42 bits per heavy atom. The molecular weight excluding hydrogens is 265 g/mol. The van der Waals surface area contributed by atoms with E-state index < -0.39 is 6.10 Å². The van der Waals surface area contributed by atoms with Crippen LogP contribution in [-0.4, -0.2) is 11.7 Å². The molecular formula is C9H12INO. The van der Waals surface area contributed by atoms with E-state index in [9.17, 15) is 5.11 Å². The molecule has 12 heavy (non-hydrogen) atoms. The maximum absolute atomic E-state index is 9.53. The summed E-state index contributed by atoms with van der Waals surface area (Å²) in [5.41, 5.74) is 6.28. The van der Waals surface area contributed by atoms with Gasteiger partial charge in [0, 0.05) is 3.57 Å². The van der Waals surface area contributed by atoms with Crippen molar-refractivity contribution in [1.29, 1.82) is 0 Å². The molecule has 0 saturated heterocycles. The van der Waals surface area contributed by atoms with Gasteiger partial charge in [0.15, 0.2) is 0 Å². The molecule has 0 amide bonds. The maximum atomic E-state index is 9.53. The lowest BCUT2D eigenvalue weighted by Crippen LogP contribution is -2.06. The second-order valence-corrected chi connectivity index (χ2v) is 3.89. The summed E-state index contributed by atoms with van der Waals surface area (Å²) in [6.07, 6.45) is 0.215. The summed E-state index contributed by atoms with van der Waals surface area (Å²) in [6.45, 7) is 0.521. The van der Waals surface area contributed by atoms with Crippen LogP contribution in [0, 0.1) is 3.57 Å². The highest BCUT2D eigenvalue weighted by Gasteiger charge is 2.04. The quantitative estimate of drug-likeness (QED) is 0.826. The van der Waals surface area contributed by atoms with Crippen molar-refractivity contribution in [3.8, 4) is 0 Å². The van der Waals surface area contributed by atoms with Gasteiger partial charge in [0.2, 0.25) is 0 Å². The molecule has 0 aromatic heterocycles. The number of rotatable bonds is 3. The predicted molar refractivity (Wildman–Crippen MR) is 57.8 cm³/mol. The van der Waals surface area contributed by atoms with Crippen LogP contribution >= 0.6 is 22.6 Å². The van der Waals surface area contributed by atoms with Crippen LogP contribution in [0.4, 0.5) is 0 Å². The minimum atomic E-state index is -0.410. The fraction of sp³-hybridized carbons (Fsp3) is 0.333. The second-order valence-electron chi connectivity index (χ2n) is 2.64. The highest BCUT2D eigenvalue weighted by atomic mass is 127. The van der Waals surface area contributed by atoms with E-state index in [0.717, 1.165) is 5.56 Å². The third-order valence-electron chi connectivity index (χ3n) is 1.69. The Kier molecular flexibility index (Phi) is 3.97. The lowest BCUT2D eigenvalue weighted by Gasteiger charge is -2.08. The molecule has 66 valence electrons. The number of halogens is 1. The van der Waals surface area contributed by atoms with E-state index in [1.165, 1.54) is 3.57 Å². The summed E-state index contributed by atoms with van der Waals surface area (Å²) in [5.74, 6) is 0. The van der Waals surface area contributed by atoms with Gasteiger partial charge < -0.3 is 10.8 Å². The fourth-order valence-corrected chi connectivity index (χ4v) is 1.37. The topological polar surface area (TPSA) is 46.2 Å². The van der Waals surface area contributed by atoms with Crippen LogP contribution in [0.2, 0.25) is 0 Å². The van der Waals surface area contributed by atoms with Crippen molar-refractivity contribution >= 4 is 22.6 Å². The van der Waals surface area contributed by atoms with Gasteiger partial charge in [-0.25, -0.2) is 0 Å². The van der Waals surface area contributed by atoms with Crippen LogP contribution in [-0.2, 0) is 0 Å².